The fraction of sp³-hybridized carbons (Fsp3) is 0.529. The second-order valence-electron chi connectivity index (χ2n) is 5.49. The van der Waals surface area contributed by atoms with Gasteiger partial charge in [0.1, 0.15) is 6.04 Å². The molecule has 0 bridgehead atoms. The summed E-state index contributed by atoms with van der Waals surface area (Å²) in [5.41, 5.74) is 0.668. The Morgan fingerprint density at radius 1 is 1.08 bits per heavy atom. The number of nitrogens with one attached hydrogen (secondary N) is 1. The summed E-state index contributed by atoms with van der Waals surface area (Å²) in [6, 6.07) is 1.85. The number of esters is 3. The molecule has 1 N–H and O–H groups in total. The lowest BCUT2D eigenvalue weighted by Crippen LogP contribution is -2.42. The van der Waals surface area contributed by atoms with Crippen LogP contribution >= 0.6 is 0 Å². The van der Waals surface area contributed by atoms with E-state index in [0.29, 0.717) is 5.56 Å². The molecule has 1 aliphatic heterocycles. The van der Waals surface area contributed by atoms with Crippen LogP contribution in [0, 0.1) is 11.8 Å². The molecule has 1 aromatic heterocycles. The molecule has 0 aromatic carbocycles. The van der Waals surface area contributed by atoms with E-state index >= 15 is 0 Å². The van der Waals surface area contributed by atoms with E-state index in [1.165, 1.54) is 7.11 Å². The third-order valence-electron chi connectivity index (χ3n) is 4.08. The third-order valence-corrected chi connectivity index (χ3v) is 4.08. The number of pyridine rings is 1. The van der Waals surface area contributed by atoms with Crippen molar-refractivity contribution >= 4 is 17.9 Å². The number of carbonyl (C=O) groups excluding carboxylic acids is 3. The van der Waals surface area contributed by atoms with Crippen molar-refractivity contribution in [3.63, 3.8) is 0 Å². The van der Waals surface area contributed by atoms with E-state index in [1.54, 1.807) is 38.4 Å². The highest BCUT2D eigenvalue weighted by Gasteiger charge is 2.55. The molecule has 25 heavy (non-hydrogen) atoms. The number of hydrogen-bond acceptors (Lipinski definition) is 8. The summed E-state index contributed by atoms with van der Waals surface area (Å²) in [7, 11) is 1.23. The van der Waals surface area contributed by atoms with Gasteiger partial charge in [0.15, 0.2) is 0 Å². The fourth-order valence-electron chi connectivity index (χ4n) is 3.06. The third kappa shape index (κ3) is 3.96. The van der Waals surface area contributed by atoms with Gasteiger partial charge in [0.2, 0.25) is 0 Å². The van der Waals surface area contributed by atoms with Gasteiger partial charge in [0, 0.05) is 18.4 Å². The molecule has 1 saturated heterocycles. The van der Waals surface area contributed by atoms with Crippen LogP contribution in [0.1, 0.15) is 25.5 Å². The summed E-state index contributed by atoms with van der Waals surface area (Å²) in [4.78, 5) is 41.3. The molecule has 0 unspecified atom stereocenters. The van der Waals surface area contributed by atoms with Crippen LogP contribution < -0.4 is 5.32 Å². The van der Waals surface area contributed by atoms with Crippen molar-refractivity contribution in [2.75, 3.05) is 20.3 Å². The predicted molar refractivity (Wildman–Crippen MR) is 86.2 cm³/mol. The molecule has 136 valence electrons. The van der Waals surface area contributed by atoms with Crippen LogP contribution in [0.3, 0.4) is 0 Å². The smallest absolute Gasteiger partial charge is 0.323 e. The van der Waals surface area contributed by atoms with Gasteiger partial charge >= 0.3 is 17.9 Å². The Labute approximate surface area is 145 Å². The monoisotopic (exact) mass is 350 g/mol. The first kappa shape index (κ1) is 18.9. The number of nitrogens with zero attached hydrogens (tertiary/aromatic N) is 1. The molecule has 1 aliphatic rings. The summed E-state index contributed by atoms with van der Waals surface area (Å²) in [5.74, 6) is -3.83. The summed E-state index contributed by atoms with van der Waals surface area (Å²) >= 11 is 0. The molecule has 2 heterocycles. The number of rotatable bonds is 6. The van der Waals surface area contributed by atoms with Crippen molar-refractivity contribution in [2.24, 2.45) is 11.8 Å². The minimum Gasteiger partial charge on any atom is -0.468 e. The summed E-state index contributed by atoms with van der Waals surface area (Å²) in [5, 5.41) is 3.02. The topological polar surface area (TPSA) is 104 Å². The Morgan fingerprint density at radius 3 is 2.24 bits per heavy atom. The minimum absolute atomic E-state index is 0.135. The van der Waals surface area contributed by atoms with E-state index < -0.39 is 41.8 Å². The molecule has 4 atom stereocenters. The summed E-state index contributed by atoms with van der Waals surface area (Å²) in [6.07, 6.45) is 3.17. The van der Waals surface area contributed by atoms with Crippen molar-refractivity contribution in [3.8, 4) is 0 Å². The molecule has 1 aromatic rings. The molecule has 2 rings (SSSR count). The molecule has 0 amide bonds. The highest BCUT2D eigenvalue weighted by Crippen LogP contribution is 2.39. The van der Waals surface area contributed by atoms with E-state index in [9.17, 15) is 14.4 Å². The van der Waals surface area contributed by atoms with Crippen molar-refractivity contribution in [2.45, 2.75) is 25.9 Å². The number of ether oxygens (including phenoxy) is 3. The summed E-state index contributed by atoms with van der Waals surface area (Å²) < 4.78 is 15.0. The van der Waals surface area contributed by atoms with Crippen LogP contribution in [-0.4, -0.2) is 49.3 Å². The van der Waals surface area contributed by atoms with E-state index in [4.69, 9.17) is 14.2 Å². The lowest BCUT2D eigenvalue weighted by atomic mass is 9.84. The highest BCUT2D eigenvalue weighted by molar-refractivity contribution is 5.91. The van der Waals surface area contributed by atoms with Gasteiger partial charge in [-0.3, -0.25) is 24.7 Å². The van der Waals surface area contributed by atoms with Gasteiger partial charge in [-0.15, -0.1) is 0 Å². The Morgan fingerprint density at radius 2 is 1.72 bits per heavy atom. The Balaban J connectivity index is 2.46. The van der Waals surface area contributed by atoms with Crippen LogP contribution in [-0.2, 0) is 28.6 Å². The normalized spacial score (nSPS) is 25.2. The Bertz CT molecular complexity index is 621. The van der Waals surface area contributed by atoms with Crippen LogP contribution in [0.5, 0.6) is 0 Å². The van der Waals surface area contributed by atoms with Crippen LogP contribution in [0.25, 0.3) is 0 Å². The minimum atomic E-state index is -1.04. The second-order valence-corrected chi connectivity index (χ2v) is 5.49. The zero-order valence-corrected chi connectivity index (χ0v) is 14.4. The molecule has 0 radical (unpaired) electrons. The van der Waals surface area contributed by atoms with Crippen LogP contribution in [0.15, 0.2) is 24.5 Å². The molecule has 8 heteroatoms. The van der Waals surface area contributed by atoms with E-state index in [2.05, 4.69) is 10.3 Å². The Kier molecular flexibility index (Phi) is 6.46. The number of carbonyl (C=O) groups is 3. The SMILES string of the molecule is CCOC(=O)[C@@H]1[C@H](C(=O)OCC)[C@H](C(=O)OC)N[C@@H]1c1cccnc1. The predicted octanol–water partition coefficient (Wildman–Crippen LogP) is 0.626. The van der Waals surface area contributed by atoms with E-state index in [-0.39, 0.29) is 13.2 Å². The van der Waals surface area contributed by atoms with Crippen LogP contribution in [0.2, 0.25) is 0 Å². The second kappa shape index (κ2) is 8.57. The lowest BCUT2D eigenvalue weighted by Gasteiger charge is -2.22. The largest absolute Gasteiger partial charge is 0.468 e. The maximum Gasteiger partial charge on any atom is 0.323 e. The number of methoxy groups -OCH3 is 1. The average Bonchev–Trinajstić information content (AvgIpc) is 3.03. The first-order chi connectivity index (χ1) is 12.0. The van der Waals surface area contributed by atoms with Crippen molar-refractivity contribution in [3.05, 3.63) is 30.1 Å². The van der Waals surface area contributed by atoms with Gasteiger partial charge in [-0.05, 0) is 25.5 Å². The molecule has 0 saturated carbocycles. The van der Waals surface area contributed by atoms with Gasteiger partial charge < -0.3 is 14.2 Å². The van der Waals surface area contributed by atoms with Crippen molar-refractivity contribution < 1.29 is 28.6 Å². The maximum atomic E-state index is 12.6. The Hall–Kier alpha value is -2.48. The van der Waals surface area contributed by atoms with Gasteiger partial charge in [-0.2, -0.15) is 0 Å². The van der Waals surface area contributed by atoms with Crippen LogP contribution in [0.4, 0.5) is 0 Å². The highest BCUT2D eigenvalue weighted by atomic mass is 16.5. The van der Waals surface area contributed by atoms with Gasteiger partial charge in [0.25, 0.3) is 0 Å². The number of aromatic nitrogens is 1. The lowest BCUT2D eigenvalue weighted by molar-refractivity contribution is -0.162. The molecule has 8 nitrogen and oxygen atoms in total. The van der Waals surface area contributed by atoms with Gasteiger partial charge in [-0.1, -0.05) is 6.07 Å². The molecule has 1 fully saturated rings. The first-order valence-electron chi connectivity index (χ1n) is 8.12. The molecular formula is C17H22N2O6. The molecule has 0 aliphatic carbocycles. The van der Waals surface area contributed by atoms with E-state index in [0.717, 1.165) is 0 Å². The average molecular weight is 350 g/mol. The van der Waals surface area contributed by atoms with Gasteiger partial charge in [0.05, 0.1) is 32.2 Å². The van der Waals surface area contributed by atoms with Gasteiger partial charge in [-0.25, -0.2) is 0 Å². The fourth-order valence-corrected chi connectivity index (χ4v) is 3.06. The van der Waals surface area contributed by atoms with Crippen molar-refractivity contribution in [1.29, 1.82) is 0 Å². The molecular weight excluding hydrogens is 328 g/mol. The summed E-state index contributed by atoms with van der Waals surface area (Å²) in [6.45, 7) is 3.63. The maximum absolute atomic E-state index is 12.6. The van der Waals surface area contributed by atoms with Crippen molar-refractivity contribution in [1.82, 2.24) is 10.3 Å². The molecule has 0 spiro atoms. The number of hydrogen-bond donors (Lipinski definition) is 1. The standard InChI is InChI=1S/C17H22N2O6/c1-4-24-15(20)11-12(16(21)25-5-2)14(17(22)23-3)19-13(11)10-7-6-8-18-9-10/h6-9,11-14,19H,4-5H2,1-3H3/t11-,12+,13-,14-/m1/s1. The zero-order valence-electron chi connectivity index (χ0n) is 14.4. The first-order valence-corrected chi connectivity index (χ1v) is 8.12. The zero-order chi connectivity index (χ0) is 18.4. The van der Waals surface area contributed by atoms with E-state index in [1.807, 2.05) is 0 Å². The quantitative estimate of drug-likeness (QED) is 0.588.